The molecule has 0 aliphatic carbocycles. The van der Waals surface area contributed by atoms with E-state index < -0.39 is 0 Å². The van der Waals surface area contributed by atoms with E-state index in [4.69, 9.17) is 0 Å². The molecule has 0 saturated heterocycles. The van der Waals surface area contributed by atoms with E-state index in [0.29, 0.717) is 12.1 Å². The number of nitrogens with one attached hydrogen (secondary N) is 1. The number of rotatable bonds is 7. The van der Waals surface area contributed by atoms with Crippen molar-refractivity contribution in [2.75, 3.05) is 13.1 Å². The quantitative estimate of drug-likeness (QED) is 0.683. The summed E-state index contributed by atoms with van der Waals surface area (Å²) in [7, 11) is 0. The molecule has 2 aromatic rings. The highest BCUT2D eigenvalue weighted by atomic mass is 127. The molecular formula is C19H23IN2O. The molecule has 0 fully saturated rings. The summed E-state index contributed by atoms with van der Waals surface area (Å²) >= 11 is 2.22. The van der Waals surface area contributed by atoms with Crippen molar-refractivity contribution in [1.29, 1.82) is 0 Å². The summed E-state index contributed by atoms with van der Waals surface area (Å²) in [5.41, 5.74) is 3.16. The highest BCUT2D eigenvalue weighted by Crippen LogP contribution is 2.13. The molecule has 0 spiro atoms. The number of carbonyl (C=O) groups is 1. The molecule has 2 aromatic carbocycles. The van der Waals surface area contributed by atoms with Gasteiger partial charge in [-0.15, -0.1) is 0 Å². The van der Waals surface area contributed by atoms with Crippen LogP contribution < -0.4 is 5.32 Å². The normalized spacial score (nSPS) is 10.8. The SMILES string of the molecule is CCN(CC)Cc1ccccc1CNC(=O)c1cccc(I)c1. The summed E-state index contributed by atoms with van der Waals surface area (Å²) in [6, 6.07) is 16.0. The van der Waals surface area contributed by atoms with Crippen LogP contribution in [0, 0.1) is 3.57 Å². The zero-order chi connectivity index (χ0) is 16.7. The molecule has 0 saturated carbocycles. The third-order valence-corrected chi connectivity index (χ3v) is 4.60. The summed E-state index contributed by atoms with van der Waals surface area (Å²) in [5, 5.41) is 3.03. The number of nitrogens with zero attached hydrogens (tertiary/aromatic N) is 1. The van der Waals surface area contributed by atoms with Crippen LogP contribution in [0.5, 0.6) is 0 Å². The molecule has 0 atom stereocenters. The van der Waals surface area contributed by atoms with E-state index in [2.05, 4.69) is 64.9 Å². The minimum atomic E-state index is -0.0267. The van der Waals surface area contributed by atoms with Gasteiger partial charge in [-0.1, -0.05) is 44.2 Å². The lowest BCUT2D eigenvalue weighted by Gasteiger charge is -2.20. The van der Waals surface area contributed by atoms with E-state index in [9.17, 15) is 4.79 Å². The Balaban J connectivity index is 2.04. The van der Waals surface area contributed by atoms with Crippen molar-refractivity contribution in [3.63, 3.8) is 0 Å². The van der Waals surface area contributed by atoms with Gasteiger partial charge in [0.15, 0.2) is 0 Å². The van der Waals surface area contributed by atoms with Gasteiger partial charge >= 0.3 is 0 Å². The molecule has 0 aromatic heterocycles. The molecule has 0 radical (unpaired) electrons. The molecule has 1 amide bonds. The smallest absolute Gasteiger partial charge is 0.251 e. The average molecular weight is 422 g/mol. The largest absolute Gasteiger partial charge is 0.348 e. The molecule has 3 nitrogen and oxygen atoms in total. The van der Waals surface area contributed by atoms with Gasteiger partial charge in [-0.3, -0.25) is 9.69 Å². The fourth-order valence-corrected chi connectivity index (χ4v) is 3.02. The first-order valence-corrected chi connectivity index (χ1v) is 9.04. The van der Waals surface area contributed by atoms with E-state index in [1.54, 1.807) is 0 Å². The molecule has 1 N–H and O–H groups in total. The van der Waals surface area contributed by atoms with Crippen molar-refractivity contribution in [2.45, 2.75) is 26.9 Å². The van der Waals surface area contributed by atoms with Crippen LogP contribution in [-0.4, -0.2) is 23.9 Å². The molecule has 0 bridgehead atoms. The van der Waals surface area contributed by atoms with Crippen LogP contribution in [0.1, 0.15) is 35.3 Å². The standard InChI is InChI=1S/C19H23IN2O/c1-3-22(4-2)14-17-9-6-5-8-16(17)13-21-19(23)15-10-7-11-18(20)12-15/h5-12H,3-4,13-14H2,1-2H3,(H,21,23). The Bertz CT molecular complexity index is 653. The monoisotopic (exact) mass is 422 g/mol. The molecule has 0 heterocycles. The Labute approximate surface area is 152 Å². The molecule has 0 aliphatic rings. The van der Waals surface area contributed by atoms with Gasteiger partial charge in [0.05, 0.1) is 0 Å². The van der Waals surface area contributed by atoms with E-state index in [1.165, 1.54) is 11.1 Å². The van der Waals surface area contributed by atoms with Gasteiger partial charge in [0.2, 0.25) is 0 Å². The zero-order valence-corrected chi connectivity index (χ0v) is 15.8. The maximum atomic E-state index is 12.3. The van der Waals surface area contributed by atoms with Gasteiger partial charge in [-0.2, -0.15) is 0 Å². The van der Waals surface area contributed by atoms with Crippen LogP contribution in [0.4, 0.5) is 0 Å². The predicted molar refractivity (Wildman–Crippen MR) is 103 cm³/mol. The van der Waals surface area contributed by atoms with Crippen LogP contribution in [0.2, 0.25) is 0 Å². The van der Waals surface area contributed by atoms with Gasteiger partial charge in [0.1, 0.15) is 0 Å². The first kappa shape index (κ1) is 17.9. The van der Waals surface area contributed by atoms with E-state index >= 15 is 0 Å². The van der Waals surface area contributed by atoms with Crippen LogP contribution in [0.15, 0.2) is 48.5 Å². The van der Waals surface area contributed by atoms with E-state index in [0.717, 1.165) is 23.2 Å². The number of amides is 1. The van der Waals surface area contributed by atoms with Gasteiger partial charge < -0.3 is 5.32 Å². The number of hydrogen-bond donors (Lipinski definition) is 1. The number of benzene rings is 2. The Morgan fingerprint density at radius 1 is 1.04 bits per heavy atom. The Morgan fingerprint density at radius 3 is 2.39 bits per heavy atom. The second kappa shape index (κ2) is 9.03. The van der Waals surface area contributed by atoms with Crippen LogP contribution >= 0.6 is 22.6 Å². The molecule has 4 heteroatoms. The number of hydrogen-bond acceptors (Lipinski definition) is 2. The lowest BCUT2D eigenvalue weighted by atomic mass is 10.1. The van der Waals surface area contributed by atoms with Crippen molar-refractivity contribution in [1.82, 2.24) is 10.2 Å². The molecule has 122 valence electrons. The van der Waals surface area contributed by atoms with E-state index in [1.807, 2.05) is 30.3 Å². The van der Waals surface area contributed by atoms with Crippen molar-refractivity contribution < 1.29 is 4.79 Å². The van der Waals surface area contributed by atoms with Gasteiger partial charge in [-0.25, -0.2) is 0 Å². The molecule has 0 unspecified atom stereocenters. The lowest BCUT2D eigenvalue weighted by Crippen LogP contribution is -2.26. The van der Waals surface area contributed by atoms with Crippen molar-refractivity contribution >= 4 is 28.5 Å². The van der Waals surface area contributed by atoms with Gasteiger partial charge in [0.25, 0.3) is 5.91 Å². The maximum absolute atomic E-state index is 12.3. The highest BCUT2D eigenvalue weighted by Gasteiger charge is 2.09. The summed E-state index contributed by atoms with van der Waals surface area (Å²) < 4.78 is 1.07. The second-order valence-electron chi connectivity index (χ2n) is 5.42. The van der Waals surface area contributed by atoms with Crippen LogP contribution in [0.3, 0.4) is 0 Å². The minimum Gasteiger partial charge on any atom is -0.348 e. The fraction of sp³-hybridized carbons (Fsp3) is 0.316. The van der Waals surface area contributed by atoms with Crippen molar-refractivity contribution in [3.8, 4) is 0 Å². The lowest BCUT2D eigenvalue weighted by molar-refractivity contribution is 0.0950. The Hall–Kier alpha value is -1.40. The zero-order valence-electron chi connectivity index (χ0n) is 13.7. The molecule has 0 aliphatic heterocycles. The number of carbonyl (C=O) groups excluding carboxylic acids is 1. The first-order valence-electron chi connectivity index (χ1n) is 7.97. The van der Waals surface area contributed by atoms with Gasteiger partial charge in [0, 0.05) is 22.2 Å². The summed E-state index contributed by atoms with van der Waals surface area (Å²) in [4.78, 5) is 14.7. The molecule has 2 rings (SSSR count). The first-order chi connectivity index (χ1) is 11.1. The van der Waals surface area contributed by atoms with Gasteiger partial charge in [-0.05, 0) is 65.0 Å². The predicted octanol–water partition coefficient (Wildman–Crippen LogP) is 4.06. The molecular weight excluding hydrogens is 399 g/mol. The van der Waals surface area contributed by atoms with Crippen LogP contribution in [0.25, 0.3) is 0 Å². The third-order valence-electron chi connectivity index (χ3n) is 3.93. The molecule has 23 heavy (non-hydrogen) atoms. The topological polar surface area (TPSA) is 32.3 Å². The summed E-state index contributed by atoms with van der Waals surface area (Å²) in [5.74, 6) is -0.0267. The minimum absolute atomic E-state index is 0.0267. The van der Waals surface area contributed by atoms with Crippen molar-refractivity contribution in [2.24, 2.45) is 0 Å². The Morgan fingerprint density at radius 2 is 1.74 bits per heavy atom. The third kappa shape index (κ3) is 5.32. The summed E-state index contributed by atoms with van der Waals surface area (Å²) in [6.45, 7) is 7.87. The number of halogens is 1. The Kier molecular flexibility index (Phi) is 7.05. The average Bonchev–Trinajstić information content (AvgIpc) is 2.58. The fourth-order valence-electron chi connectivity index (χ4n) is 2.48. The summed E-state index contributed by atoms with van der Waals surface area (Å²) in [6.07, 6.45) is 0. The van der Waals surface area contributed by atoms with E-state index in [-0.39, 0.29) is 5.91 Å². The highest BCUT2D eigenvalue weighted by molar-refractivity contribution is 14.1. The van der Waals surface area contributed by atoms with Crippen LogP contribution in [-0.2, 0) is 13.1 Å². The second-order valence-corrected chi connectivity index (χ2v) is 6.67. The van der Waals surface area contributed by atoms with Crippen molar-refractivity contribution in [3.05, 3.63) is 68.8 Å². The maximum Gasteiger partial charge on any atom is 0.251 e.